The monoisotopic (exact) mass is 282 g/mol. The number of rotatable bonds is 7. The molecule has 0 radical (unpaired) electrons. The Morgan fingerprint density at radius 1 is 1.00 bits per heavy atom. The van der Waals surface area contributed by atoms with Crippen molar-refractivity contribution in [2.24, 2.45) is 5.92 Å². The quantitative estimate of drug-likeness (QED) is 0.603. The average Bonchev–Trinajstić information content (AvgIpc) is 2.30. The summed E-state index contributed by atoms with van der Waals surface area (Å²) in [4.78, 5) is 0.634. The lowest BCUT2D eigenvalue weighted by Gasteiger charge is -2.21. The first-order chi connectivity index (χ1) is 7.77. The molecule has 1 atom stereocenters. The van der Waals surface area contributed by atoms with Crippen molar-refractivity contribution >= 4 is 15.9 Å². The van der Waals surface area contributed by atoms with Gasteiger partial charge in [0, 0.05) is 4.83 Å². The summed E-state index contributed by atoms with van der Waals surface area (Å²) in [6.07, 6.45) is 6.43. The smallest absolute Gasteiger partial charge is 0.0214 e. The zero-order chi connectivity index (χ0) is 11.8. The molecule has 0 saturated carbocycles. The molecule has 0 bridgehead atoms. The lowest BCUT2D eigenvalue weighted by atomic mass is 9.91. The molecule has 0 N–H and O–H groups in total. The molecular weight excluding hydrogens is 260 g/mol. The van der Waals surface area contributed by atoms with Gasteiger partial charge in [0.15, 0.2) is 0 Å². The minimum absolute atomic E-state index is 0.634. The molecule has 0 heterocycles. The number of benzene rings is 1. The summed E-state index contributed by atoms with van der Waals surface area (Å²) < 4.78 is 0. The highest BCUT2D eigenvalue weighted by molar-refractivity contribution is 9.09. The van der Waals surface area contributed by atoms with Crippen LogP contribution in [-0.4, -0.2) is 4.83 Å². The molecule has 0 amide bonds. The Bertz CT molecular complexity index is 262. The molecule has 0 aliphatic rings. The largest absolute Gasteiger partial charge is 0.0884 e. The molecule has 0 spiro atoms. The van der Waals surface area contributed by atoms with E-state index in [9.17, 15) is 0 Å². The van der Waals surface area contributed by atoms with Gasteiger partial charge in [-0.1, -0.05) is 73.0 Å². The normalized spacial score (nSPS) is 13.0. The summed E-state index contributed by atoms with van der Waals surface area (Å²) in [5.74, 6) is 0.829. The molecule has 1 aromatic carbocycles. The van der Waals surface area contributed by atoms with Crippen LogP contribution < -0.4 is 0 Å². The first kappa shape index (κ1) is 13.8. The minimum Gasteiger partial charge on any atom is -0.0884 e. The zero-order valence-corrected chi connectivity index (χ0v) is 12.0. The summed E-state index contributed by atoms with van der Waals surface area (Å²) in [6.45, 7) is 4.57. The molecule has 1 rings (SSSR count). The highest BCUT2D eigenvalue weighted by Gasteiger charge is 2.17. The molecule has 0 aliphatic carbocycles. The standard InChI is InChI=1S/C15H23Br/c1-3-8-14(9-4-2)15(16)12-13-10-6-5-7-11-13/h5-7,10-11,14-15H,3-4,8-9,12H2,1-2H3. The third-order valence-electron chi connectivity index (χ3n) is 3.10. The van der Waals surface area contributed by atoms with E-state index in [4.69, 9.17) is 0 Å². The Hall–Kier alpha value is -0.300. The van der Waals surface area contributed by atoms with Crippen LogP contribution in [0.25, 0.3) is 0 Å². The Balaban J connectivity index is 2.51. The van der Waals surface area contributed by atoms with Crippen LogP contribution in [0.5, 0.6) is 0 Å². The Labute approximate surface area is 109 Å². The lowest BCUT2D eigenvalue weighted by molar-refractivity contribution is 0.427. The molecule has 0 aromatic heterocycles. The fourth-order valence-corrected chi connectivity index (χ4v) is 3.16. The first-order valence-corrected chi connectivity index (χ1v) is 7.37. The maximum atomic E-state index is 3.88. The SMILES string of the molecule is CCCC(CCC)C(Br)Cc1ccccc1. The molecule has 0 fully saturated rings. The van der Waals surface area contributed by atoms with Crippen molar-refractivity contribution in [3.05, 3.63) is 35.9 Å². The summed E-state index contributed by atoms with van der Waals surface area (Å²) in [6, 6.07) is 10.8. The summed E-state index contributed by atoms with van der Waals surface area (Å²) >= 11 is 3.88. The molecule has 0 saturated heterocycles. The summed E-state index contributed by atoms with van der Waals surface area (Å²) in [5, 5.41) is 0. The topological polar surface area (TPSA) is 0 Å². The maximum absolute atomic E-state index is 3.88. The van der Waals surface area contributed by atoms with E-state index in [0.717, 1.165) is 12.3 Å². The second-order valence-electron chi connectivity index (χ2n) is 4.54. The number of alkyl halides is 1. The van der Waals surface area contributed by atoms with Crippen LogP contribution in [0.1, 0.15) is 45.1 Å². The molecular formula is C15H23Br. The Kier molecular flexibility index (Phi) is 6.79. The van der Waals surface area contributed by atoms with Crippen LogP contribution in [0.2, 0.25) is 0 Å². The van der Waals surface area contributed by atoms with E-state index < -0.39 is 0 Å². The third kappa shape index (κ3) is 4.69. The van der Waals surface area contributed by atoms with Gasteiger partial charge in [-0.05, 0) is 30.7 Å². The van der Waals surface area contributed by atoms with Crippen molar-refractivity contribution < 1.29 is 0 Å². The second-order valence-corrected chi connectivity index (χ2v) is 5.72. The van der Waals surface area contributed by atoms with Crippen LogP contribution >= 0.6 is 15.9 Å². The highest BCUT2D eigenvalue weighted by atomic mass is 79.9. The van der Waals surface area contributed by atoms with Gasteiger partial charge in [-0.25, -0.2) is 0 Å². The number of halogens is 1. The highest BCUT2D eigenvalue weighted by Crippen LogP contribution is 2.26. The molecule has 1 aromatic rings. The second kappa shape index (κ2) is 7.89. The van der Waals surface area contributed by atoms with E-state index in [0.29, 0.717) is 4.83 Å². The number of hydrogen-bond donors (Lipinski definition) is 0. The molecule has 0 nitrogen and oxygen atoms in total. The fraction of sp³-hybridized carbons (Fsp3) is 0.600. The molecule has 0 aliphatic heterocycles. The van der Waals surface area contributed by atoms with Crippen LogP contribution in [0.4, 0.5) is 0 Å². The van der Waals surface area contributed by atoms with Crippen molar-refractivity contribution in [2.75, 3.05) is 0 Å². The van der Waals surface area contributed by atoms with Crippen LogP contribution in [0.3, 0.4) is 0 Å². The van der Waals surface area contributed by atoms with Crippen molar-refractivity contribution in [2.45, 2.75) is 50.8 Å². The van der Waals surface area contributed by atoms with Gasteiger partial charge < -0.3 is 0 Å². The van der Waals surface area contributed by atoms with E-state index in [-0.39, 0.29) is 0 Å². The van der Waals surface area contributed by atoms with Gasteiger partial charge in [0.1, 0.15) is 0 Å². The van der Waals surface area contributed by atoms with E-state index in [1.807, 2.05) is 0 Å². The lowest BCUT2D eigenvalue weighted by Crippen LogP contribution is -2.16. The van der Waals surface area contributed by atoms with Crippen LogP contribution in [-0.2, 0) is 6.42 Å². The fourth-order valence-electron chi connectivity index (χ4n) is 2.25. The molecule has 1 heteroatoms. The van der Waals surface area contributed by atoms with E-state index in [1.165, 1.54) is 31.2 Å². The van der Waals surface area contributed by atoms with Gasteiger partial charge in [-0.2, -0.15) is 0 Å². The van der Waals surface area contributed by atoms with Gasteiger partial charge in [-0.15, -0.1) is 0 Å². The first-order valence-electron chi connectivity index (χ1n) is 6.45. The predicted molar refractivity (Wildman–Crippen MR) is 76.2 cm³/mol. The summed E-state index contributed by atoms with van der Waals surface area (Å²) in [5.41, 5.74) is 1.45. The Morgan fingerprint density at radius 3 is 2.06 bits per heavy atom. The predicted octanol–water partition coefficient (Wildman–Crippen LogP) is 5.21. The summed E-state index contributed by atoms with van der Waals surface area (Å²) in [7, 11) is 0. The van der Waals surface area contributed by atoms with Gasteiger partial charge in [0.25, 0.3) is 0 Å². The van der Waals surface area contributed by atoms with Crippen LogP contribution in [0, 0.1) is 5.92 Å². The molecule has 16 heavy (non-hydrogen) atoms. The molecule has 90 valence electrons. The Morgan fingerprint density at radius 2 is 1.56 bits per heavy atom. The van der Waals surface area contributed by atoms with Crippen molar-refractivity contribution in [3.8, 4) is 0 Å². The minimum atomic E-state index is 0.634. The molecule has 1 unspecified atom stereocenters. The van der Waals surface area contributed by atoms with E-state index in [2.05, 4.69) is 60.1 Å². The zero-order valence-electron chi connectivity index (χ0n) is 10.5. The van der Waals surface area contributed by atoms with Crippen molar-refractivity contribution in [1.29, 1.82) is 0 Å². The van der Waals surface area contributed by atoms with E-state index in [1.54, 1.807) is 0 Å². The van der Waals surface area contributed by atoms with Gasteiger partial charge in [0.2, 0.25) is 0 Å². The van der Waals surface area contributed by atoms with Crippen molar-refractivity contribution in [3.63, 3.8) is 0 Å². The van der Waals surface area contributed by atoms with E-state index >= 15 is 0 Å². The van der Waals surface area contributed by atoms with Crippen molar-refractivity contribution in [1.82, 2.24) is 0 Å². The van der Waals surface area contributed by atoms with Gasteiger partial charge in [-0.3, -0.25) is 0 Å². The maximum Gasteiger partial charge on any atom is 0.0214 e. The van der Waals surface area contributed by atoms with Gasteiger partial charge >= 0.3 is 0 Å². The van der Waals surface area contributed by atoms with Gasteiger partial charge in [0.05, 0.1) is 0 Å². The number of hydrogen-bond acceptors (Lipinski definition) is 0. The average molecular weight is 283 g/mol. The third-order valence-corrected chi connectivity index (χ3v) is 4.18. The van der Waals surface area contributed by atoms with Crippen LogP contribution in [0.15, 0.2) is 30.3 Å².